The van der Waals surface area contributed by atoms with Crippen LogP contribution in [0.1, 0.15) is 40.0 Å². The van der Waals surface area contributed by atoms with Gasteiger partial charge >= 0.3 is 0 Å². The lowest BCUT2D eigenvalue weighted by Gasteiger charge is -2.33. The van der Waals surface area contributed by atoms with Gasteiger partial charge in [0.15, 0.2) is 4.80 Å². The van der Waals surface area contributed by atoms with E-state index in [9.17, 15) is 9.59 Å². The smallest absolute Gasteiger partial charge is 0.258 e. The first-order valence-electron chi connectivity index (χ1n) is 10.2. The molecule has 1 aliphatic rings. The van der Waals surface area contributed by atoms with Crippen LogP contribution < -0.4 is 9.54 Å². The SMILES string of the molecule is CCOc1ccc2c(c1)sc(=NC(=O)CSCC(=O)N1CCCCC1C)n2CC. The predicted octanol–water partition coefficient (Wildman–Crippen LogP) is 3.68. The molecule has 1 aromatic heterocycles. The molecule has 1 aliphatic heterocycles. The highest BCUT2D eigenvalue weighted by Gasteiger charge is 2.22. The van der Waals surface area contributed by atoms with Gasteiger partial charge in [0, 0.05) is 19.1 Å². The number of hydrogen-bond acceptors (Lipinski definition) is 5. The van der Waals surface area contributed by atoms with Gasteiger partial charge in [-0.1, -0.05) is 11.3 Å². The third-order valence-corrected chi connectivity index (χ3v) is 7.02. The number of hydrogen-bond donors (Lipinski definition) is 0. The number of fused-ring (bicyclic) bond motifs is 1. The van der Waals surface area contributed by atoms with Crippen LogP contribution in [0.4, 0.5) is 0 Å². The lowest BCUT2D eigenvalue weighted by Crippen LogP contribution is -2.43. The van der Waals surface area contributed by atoms with Crippen molar-refractivity contribution in [2.75, 3.05) is 24.7 Å². The molecule has 3 rings (SSSR count). The molecular weight excluding hydrogens is 406 g/mol. The van der Waals surface area contributed by atoms with Crippen LogP contribution in [0.15, 0.2) is 23.2 Å². The van der Waals surface area contributed by atoms with Crippen LogP contribution in [0, 0.1) is 0 Å². The third kappa shape index (κ3) is 5.42. The van der Waals surface area contributed by atoms with Gasteiger partial charge in [0.25, 0.3) is 5.91 Å². The Morgan fingerprint density at radius 2 is 2.10 bits per heavy atom. The zero-order valence-corrected chi connectivity index (χ0v) is 19.0. The van der Waals surface area contributed by atoms with E-state index in [-0.39, 0.29) is 17.6 Å². The van der Waals surface area contributed by atoms with Gasteiger partial charge in [-0.2, -0.15) is 4.99 Å². The first kappa shape index (κ1) is 21.9. The Bertz CT molecular complexity index is 935. The van der Waals surface area contributed by atoms with Crippen molar-refractivity contribution >= 4 is 45.1 Å². The highest BCUT2D eigenvalue weighted by molar-refractivity contribution is 8.00. The van der Waals surface area contributed by atoms with Gasteiger partial charge in [0.2, 0.25) is 5.91 Å². The standard InChI is InChI=1S/C21H29N3O3S2/c1-4-23-17-10-9-16(27-5-2)12-18(17)29-21(23)22-19(25)13-28-14-20(26)24-11-7-6-8-15(24)3/h9-10,12,15H,4-8,11,13-14H2,1-3H3. The van der Waals surface area contributed by atoms with Crippen LogP contribution in [0.3, 0.4) is 0 Å². The molecule has 0 N–H and O–H groups in total. The molecule has 2 amide bonds. The van der Waals surface area contributed by atoms with E-state index in [0.29, 0.717) is 23.2 Å². The van der Waals surface area contributed by atoms with E-state index in [4.69, 9.17) is 4.74 Å². The average molecular weight is 436 g/mol. The number of carbonyl (C=O) groups excluding carboxylic acids is 2. The van der Waals surface area contributed by atoms with Crippen LogP contribution in [-0.4, -0.2) is 52.0 Å². The van der Waals surface area contributed by atoms with E-state index < -0.39 is 0 Å². The van der Waals surface area contributed by atoms with Gasteiger partial charge in [-0.3, -0.25) is 9.59 Å². The summed E-state index contributed by atoms with van der Waals surface area (Å²) in [4.78, 5) is 31.8. The number of amides is 2. The molecule has 1 unspecified atom stereocenters. The van der Waals surface area contributed by atoms with Crippen LogP contribution in [0.25, 0.3) is 10.2 Å². The number of rotatable bonds is 7. The largest absolute Gasteiger partial charge is 0.494 e. The fraction of sp³-hybridized carbons (Fsp3) is 0.571. The first-order valence-corrected chi connectivity index (χ1v) is 12.2. The highest BCUT2D eigenvalue weighted by atomic mass is 32.2. The maximum atomic E-state index is 12.4. The molecule has 158 valence electrons. The second-order valence-corrected chi connectivity index (χ2v) is 9.12. The molecule has 8 heteroatoms. The van der Waals surface area contributed by atoms with Gasteiger partial charge in [0.05, 0.1) is 28.3 Å². The summed E-state index contributed by atoms with van der Waals surface area (Å²) in [5, 5.41) is 0. The van der Waals surface area contributed by atoms with Gasteiger partial charge in [-0.05, 0) is 58.2 Å². The lowest BCUT2D eigenvalue weighted by atomic mass is 10.0. The predicted molar refractivity (Wildman–Crippen MR) is 120 cm³/mol. The van der Waals surface area contributed by atoms with Crippen molar-refractivity contribution in [2.45, 2.75) is 52.6 Å². The van der Waals surface area contributed by atoms with Gasteiger partial charge in [0.1, 0.15) is 5.75 Å². The molecule has 0 aliphatic carbocycles. The molecule has 29 heavy (non-hydrogen) atoms. The fourth-order valence-electron chi connectivity index (χ4n) is 3.62. The van der Waals surface area contributed by atoms with Gasteiger partial charge in [-0.15, -0.1) is 11.8 Å². The topological polar surface area (TPSA) is 63.9 Å². The van der Waals surface area contributed by atoms with E-state index in [0.717, 1.165) is 41.9 Å². The number of piperidine rings is 1. The summed E-state index contributed by atoms with van der Waals surface area (Å²) in [6.07, 6.45) is 3.33. The fourth-order valence-corrected chi connectivity index (χ4v) is 5.44. The zero-order valence-electron chi connectivity index (χ0n) is 17.3. The van der Waals surface area contributed by atoms with Crippen molar-refractivity contribution in [3.63, 3.8) is 0 Å². The van der Waals surface area contributed by atoms with Crippen LogP contribution in [0.2, 0.25) is 0 Å². The van der Waals surface area contributed by atoms with Crippen molar-refractivity contribution in [3.05, 3.63) is 23.0 Å². The second kappa shape index (κ2) is 10.3. The molecule has 0 radical (unpaired) electrons. The molecule has 0 saturated carbocycles. The first-order chi connectivity index (χ1) is 14.0. The van der Waals surface area contributed by atoms with Crippen molar-refractivity contribution < 1.29 is 14.3 Å². The minimum atomic E-state index is -0.201. The minimum absolute atomic E-state index is 0.129. The normalized spacial score (nSPS) is 17.7. The number of aromatic nitrogens is 1. The zero-order chi connectivity index (χ0) is 20.8. The number of likely N-dealkylation sites (tertiary alicyclic amines) is 1. The molecule has 6 nitrogen and oxygen atoms in total. The van der Waals surface area contributed by atoms with Crippen molar-refractivity contribution in [1.82, 2.24) is 9.47 Å². The Morgan fingerprint density at radius 3 is 2.83 bits per heavy atom. The lowest BCUT2D eigenvalue weighted by molar-refractivity contribution is -0.131. The number of nitrogens with zero attached hydrogens (tertiary/aromatic N) is 3. The molecule has 0 spiro atoms. The van der Waals surface area contributed by atoms with Crippen LogP contribution in [-0.2, 0) is 16.1 Å². The highest BCUT2D eigenvalue weighted by Crippen LogP contribution is 2.23. The van der Waals surface area contributed by atoms with E-state index >= 15 is 0 Å². The maximum Gasteiger partial charge on any atom is 0.258 e. The molecule has 1 aromatic carbocycles. The number of ether oxygens (including phenoxy) is 1. The quantitative estimate of drug-likeness (QED) is 0.665. The molecular formula is C21H29N3O3S2. The molecule has 1 saturated heterocycles. The summed E-state index contributed by atoms with van der Waals surface area (Å²) < 4.78 is 8.66. The van der Waals surface area contributed by atoms with Gasteiger partial charge in [-0.25, -0.2) is 0 Å². The van der Waals surface area contributed by atoms with Crippen molar-refractivity contribution in [2.24, 2.45) is 4.99 Å². The Kier molecular flexibility index (Phi) is 7.77. The molecule has 2 heterocycles. The third-order valence-electron chi connectivity index (χ3n) is 5.08. The Balaban J connectivity index is 1.65. The number of thiazole rings is 1. The molecule has 1 fully saturated rings. The monoisotopic (exact) mass is 435 g/mol. The molecule has 2 aromatic rings. The molecule has 1 atom stereocenters. The number of thioether (sulfide) groups is 1. The van der Waals surface area contributed by atoms with Crippen LogP contribution in [0.5, 0.6) is 5.75 Å². The van der Waals surface area contributed by atoms with E-state index in [1.165, 1.54) is 29.5 Å². The summed E-state index contributed by atoms with van der Waals surface area (Å²) in [7, 11) is 0. The van der Waals surface area contributed by atoms with E-state index in [1.54, 1.807) is 0 Å². The Morgan fingerprint density at radius 1 is 1.28 bits per heavy atom. The summed E-state index contributed by atoms with van der Waals surface area (Å²) in [6, 6.07) is 6.25. The van der Waals surface area contributed by atoms with Crippen LogP contribution >= 0.6 is 23.1 Å². The summed E-state index contributed by atoms with van der Waals surface area (Å²) in [6.45, 7) is 8.29. The van der Waals surface area contributed by atoms with Crippen molar-refractivity contribution in [3.8, 4) is 5.75 Å². The average Bonchev–Trinajstić information content (AvgIpc) is 3.04. The summed E-state index contributed by atoms with van der Waals surface area (Å²) >= 11 is 2.85. The number of aryl methyl sites for hydroxylation is 1. The van der Waals surface area contributed by atoms with E-state index in [1.807, 2.05) is 41.5 Å². The van der Waals surface area contributed by atoms with Crippen molar-refractivity contribution in [1.29, 1.82) is 0 Å². The second-order valence-electron chi connectivity index (χ2n) is 7.12. The summed E-state index contributed by atoms with van der Waals surface area (Å²) in [5.74, 6) is 1.31. The Labute approximate surface area is 180 Å². The molecule has 0 bridgehead atoms. The maximum absolute atomic E-state index is 12.4. The minimum Gasteiger partial charge on any atom is -0.494 e. The number of carbonyl (C=O) groups is 2. The van der Waals surface area contributed by atoms with Gasteiger partial charge < -0.3 is 14.2 Å². The Hall–Kier alpha value is -1.80. The number of benzene rings is 1. The van der Waals surface area contributed by atoms with E-state index in [2.05, 4.69) is 11.9 Å². The summed E-state index contributed by atoms with van der Waals surface area (Å²) in [5.41, 5.74) is 1.05.